The number of terminal acetylenes is 1. The minimum Gasteiger partial charge on any atom is -0.492 e. The second-order valence-electron chi connectivity index (χ2n) is 4.57. The molecule has 0 aliphatic rings. The van der Waals surface area contributed by atoms with E-state index in [9.17, 15) is 4.79 Å². The van der Waals surface area contributed by atoms with Crippen LogP contribution in [-0.4, -0.2) is 33.9 Å². The molecule has 2 aromatic heterocycles. The van der Waals surface area contributed by atoms with Crippen molar-refractivity contribution in [1.82, 2.24) is 14.8 Å². The van der Waals surface area contributed by atoms with E-state index in [2.05, 4.69) is 16.0 Å². The molecule has 0 spiro atoms. The number of nitrogens with zero attached hydrogens (tertiary/aromatic N) is 3. The average molecular weight is 301 g/mol. The molecule has 2 aromatic rings. The fourth-order valence-electron chi connectivity index (χ4n) is 2.15. The number of hydrogen-bond donors (Lipinski definition) is 0. The van der Waals surface area contributed by atoms with E-state index in [1.807, 2.05) is 6.92 Å². The molecule has 0 aromatic carbocycles. The predicted octanol–water partition coefficient (Wildman–Crippen LogP) is 2.42. The molecule has 0 unspecified atom stereocenters. The Bertz CT molecular complexity index is 700. The van der Waals surface area contributed by atoms with Crippen LogP contribution in [-0.2, 0) is 11.3 Å². The molecule has 0 amide bonds. The lowest BCUT2D eigenvalue weighted by Crippen LogP contribution is -2.09. The second kappa shape index (κ2) is 7.46. The molecule has 0 aliphatic heterocycles. The molecule has 0 aliphatic carbocycles. The van der Waals surface area contributed by atoms with Gasteiger partial charge in [-0.1, -0.05) is 0 Å². The highest BCUT2D eigenvalue weighted by molar-refractivity contribution is 5.98. The van der Waals surface area contributed by atoms with Gasteiger partial charge in [-0.15, -0.1) is 12.3 Å². The maximum Gasteiger partial charge on any atom is 0.343 e. The van der Waals surface area contributed by atoms with Crippen LogP contribution in [0.1, 0.15) is 37.0 Å². The first-order valence-corrected chi connectivity index (χ1v) is 7.30. The molecule has 0 saturated heterocycles. The van der Waals surface area contributed by atoms with Gasteiger partial charge in [-0.3, -0.25) is 0 Å². The van der Waals surface area contributed by atoms with Crippen LogP contribution in [0, 0.1) is 12.3 Å². The molecule has 0 bridgehead atoms. The molecular formula is C16H19N3O3. The molecule has 0 radical (unpaired) electrons. The van der Waals surface area contributed by atoms with Crippen LogP contribution in [0.5, 0.6) is 5.75 Å². The number of carbonyl (C=O) groups excluding carboxylic acids is 1. The number of fused-ring (bicyclic) bond motifs is 1. The summed E-state index contributed by atoms with van der Waals surface area (Å²) in [7, 11) is 0. The van der Waals surface area contributed by atoms with Crippen LogP contribution in [0.15, 0.2) is 12.4 Å². The zero-order valence-electron chi connectivity index (χ0n) is 12.8. The monoisotopic (exact) mass is 301 g/mol. The van der Waals surface area contributed by atoms with Gasteiger partial charge >= 0.3 is 5.97 Å². The standard InChI is InChI=1S/C16H19N3O3/c1-4-7-8-9-19-15-12(11-18-19)14(21-5-2)13(10-17-15)16(20)22-6-3/h1,10-11H,5-9H2,2-3H3. The van der Waals surface area contributed by atoms with Gasteiger partial charge in [0.1, 0.15) is 11.3 Å². The summed E-state index contributed by atoms with van der Waals surface area (Å²) in [4.78, 5) is 16.3. The Kier molecular flexibility index (Phi) is 5.37. The van der Waals surface area contributed by atoms with Crippen LogP contribution in [0.4, 0.5) is 0 Å². The maximum atomic E-state index is 12.0. The van der Waals surface area contributed by atoms with Crippen molar-refractivity contribution in [2.24, 2.45) is 0 Å². The van der Waals surface area contributed by atoms with Crippen LogP contribution in [0.3, 0.4) is 0 Å². The van der Waals surface area contributed by atoms with Crippen molar-refractivity contribution < 1.29 is 14.3 Å². The fraction of sp³-hybridized carbons (Fsp3) is 0.438. The summed E-state index contributed by atoms with van der Waals surface area (Å²) in [5, 5.41) is 5.01. The third-order valence-corrected chi connectivity index (χ3v) is 3.09. The van der Waals surface area contributed by atoms with Gasteiger partial charge < -0.3 is 9.47 Å². The molecule has 116 valence electrons. The Morgan fingerprint density at radius 1 is 1.36 bits per heavy atom. The highest BCUT2D eigenvalue weighted by atomic mass is 16.5. The van der Waals surface area contributed by atoms with Crippen molar-refractivity contribution in [2.75, 3.05) is 13.2 Å². The lowest BCUT2D eigenvalue weighted by Gasteiger charge is -2.10. The van der Waals surface area contributed by atoms with Crippen molar-refractivity contribution in [3.8, 4) is 18.1 Å². The molecule has 2 rings (SSSR count). The molecule has 6 nitrogen and oxygen atoms in total. The Morgan fingerprint density at radius 2 is 2.18 bits per heavy atom. The van der Waals surface area contributed by atoms with Gasteiger partial charge in [-0.25, -0.2) is 14.5 Å². The van der Waals surface area contributed by atoms with E-state index in [4.69, 9.17) is 15.9 Å². The Labute approximate surface area is 129 Å². The van der Waals surface area contributed by atoms with Crippen molar-refractivity contribution >= 4 is 17.0 Å². The van der Waals surface area contributed by atoms with Crippen molar-refractivity contribution in [1.29, 1.82) is 0 Å². The molecule has 0 atom stereocenters. The Morgan fingerprint density at radius 3 is 2.86 bits per heavy atom. The van der Waals surface area contributed by atoms with Crippen LogP contribution < -0.4 is 4.74 Å². The number of pyridine rings is 1. The minimum absolute atomic E-state index is 0.299. The highest BCUT2D eigenvalue weighted by Crippen LogP contribution is 2.29. The van der Waals surface area contributed by atoms with Crippen LogP contribution in [0.2, 0.25) is 0 Å². The van der Waals surface area contributed by atoms with Gasteiger partial charge in [0.25, 0.3) is 0 Å². The van der Waals surface area contributed by atoms with Crippen LogP contribution >= 0.6 is 0 Å². The average Bonchev–Trinajstić information content (AvgIpc) is 2.92. The molecule has 0 saturated carbocycles. The van der Waals surface area contributed by atoms with Gasteiger partial charge in [0.2, 0.25) is 0 Å². The summed E-state index contributed by atoms with van der Waals surface area (Å²) in [6.45, 7) is 5.03. The number of rotatable bonds is 7. The van der Waals surface area contributed by atoms with Crippen LogP contribution in [0.25, 0.3) is 11.0 Å². The van der Waals surface area contributed by atoms with Gasteiger partial charge in [0.15, 0.2) is 5.65 Å². The minimum atomic E-state index is -0.444. The first kappa shape index (κ1) is 15.8. The largest absolute Gasteiger partial charge is 0.492 e. The molecule has 22 heavy (non-hydrogen) atoms. The van der Waals surface area contributed by atoms with E-state index in [-0.39, 0.29) is 0 Å². The summed E-state index contributed by atoms with van der Waals surface area (Å²) in [6, 6.07) is 0. The third-order valence-electron chi connectivity index (χ3n) is 3.09. The normalized spacial score (nSPS) is 10.4. The lowest BCUT2D eigenvalue weighted by atomic mass is 10.2. The number of carbonyl (C=O) groups is 1. The Hall–Kier alpha value is -2.55. The van der Waals surface area contributed by atoms with Crippen molar-refractivity contribution in [2.45, 2.75) is 33.2 Å². The smallest absolute Gasteiger partial charge is 0.343 e. The van der Waals surface area contributed by atoms with Crippen molar-refractivity contribution in [3.63, 3.8) is 0 Å². The van der Waals surface area contributed by atoms with E-state index in [1.54, 1.807) is 17.8 Å². The van der Waals surface area contributed by atoms with E-state index in [0.29, 0.717) is 48.5 Å². The maximum absolute atomic E-state index is 12.0. The quantitative estimate of drug-likeness (QED) is 0.446. The Balaban J connectivity index is 2.42. The van der Waals surface area contributed by atoms with E-state index in [1.165, 1.54) is 6.20 Å². The number of aryl methyl sites for hydroxylation is 1. The van der Waals surface area contributed by atoms with Gasteiger partial charge in [-0.2, -0.15) is 5.10 Å². The molecule has 0 N–H and O–H groups in total. The number of ether oxygens (including phenoxy) is 2. The van der Waals surface area contributed by atoms with Crippen molar-refractivity contribution in [3.05, 3.63) is 18.0 Å². The SMILES string of the molecule is C#CCCCn1ncc2c(OCC)c(C(=O)OCC)cnc21. The number of unbranched alkanes of at least 4 members (excludes halogenated alkanes) is 1. The zero-order chi connectivity index (χ0) is 15.9. The molecule has 2 heterocycles. The zero-order valence-corrected chi connectivity index (χ0v) is 12.8. The highest BCUT2D eigenvalue weighted by Gasteiger charge is 2.20. The summed E-state index contributed by atoms with van der Waals surface area (Å²) < 4.78 is 12.4. The van der Waals surface area contributed by atoms with E-state index < -0.39 is 5.97 Å². The van der Waals surface area contributed by atoms with Gasteiger partial charge in [0.05, 0.1) is 24.8 Å². The topological polar surface area (TPSA) is 66.2 Å². The van der Waals surface area contributed by atoms with E-state index >= 15 is 0 Å². The summed E-state index contributed by atoms with van der Waals surface area (Å²) >= 11 is 0. The molecule has 0 fully saturated rings. The fourth-order valence-corrected chi connectivity index (χ4v) is 2.15. The first-order chi connectivity index (χ1) is 10.7. The summed E-state index contributed by atoms with van der Waals surface area (Å²) in [6.07, 6.45) is 9.89. The predicted molar refractivity (Wildman–Crippen MR) is 82.7 cm³/mol. The van der Waals surface area contributed by atoms with Gasteiger partial charge in [-0.05, 0) is 20.3 Å². The summed E-state index contributed by atoms with van der Waals surface area (Å²) in [5.41, 5.74) is 0.993. The number of aromatic nitrogens is 3. The first-order valence-electron chi connectivity index (χ1n) is 7.30. The van der Waals surface area contributed by atoms with Gasteiger partial charge in [0, 0.05) is 19.2 Å². The lowest BCUT2D eigenvalue weighted by molar-refractivity contribution is 0.0522. The summed E-state index contributed by atoms with van der Waals surface area (Å²) in [5.74, 6) is 2.62. The molecule has 6 heteroatoms. The second-order valence-corrected chi connectivity index (χ2v) is 4.57. The number of hydrogen-bond acceptors (Lipinski definition) is 5. The van der Waals surface area contributed by atoms with E-state index in [0.717, 1.165) is 6.42 Å². The third kappa shape index (κ3) is 3.19. The molecular weight excluding hydrogens is 282 g/mol. The number of esters is 1.